The number of imidazole rings is 1. The number of fused-ring (bicyclic) bond motifs is 1. The molecule has 2 aromatic rings. The molecule has 126 valence electrons. The van der Waals surface area contributed by atoms with Crippen LogP contribution in [0.2, 0.25) is 0 Å². The normalized spacial score (nSPS) is 20.0. The highest BCUT2D eigenvalue weighted by Crippen LogP contribution is 2.34. The zero-order valence-corrected chi connectivity index (χ0v) is 13.8. The Morgan fingerprint density at radius 1 is 1.38 bits per heavy atom. The van der Waals surface area contributed by atoms with Crippen LogP contribution in [-0.2, 0) is 17.8 Å². The molecule has 1 atom stereocenters. The number of carbonyl (C=O) groups is 1. The standard InChI is InChI=1S/C17H21N5O2/c1-24-9-13-7-21(17(23)14-4-5-18-10-19-14)8-15-16(13)22(11-20-15)6-12-2-3-12/h4-5,10-13H,2-3,6-9H2,1H3/t13-/m1/s1. The van der Waals surface area contributed by atoms with Gasteiger partial charge in [0.05, 0.1) is 25.2 Å². The predicted molar refractivity (Wildman–Crippen MR) is 86.3 cm³/mol. The van der Waals surface area contributed by atoms with Gasteiger partial charge in [0, 0.05) is 38.0 Å². The van der Waals surface area contributed by atoms with Crippen molar-refractivity contribution in [2.75, 3.05) is 20.3 Å². The molecule has 0 spiro atoms. The topological polar surface area (TPSA) is 73.1 Å². The fourth-order valence-corrected chi connectivity index (χ4v) is 3.41. The first-order valence-electron chi connectivity index (χ1n) is 8.34. The van der Waals surface area contributed by atoms with Gasteiger partial charge in [-0.3, -0.25) is 4.79 Å². The van der Waals surface area contributed by atoms with E-state index in [1.807, 2.05) is 11.2 Å². The number of methoxy groups -OCH3 is 1. The Hall–Kier alpha value is -2.28. The van der Waals surface area contributed by atoms with E-state index in [1.165, 1.54) is 24.9 Å². The fraction of sp³-hybridized carbons (Fsp3) is 0.529. The van der Waals surface area contributed by atoms with Crippen molar-refractivity contribution in [3.63, 3.8) is 0 Å². The van der Waals surface area contributed by atoms with Gasteiger partial charge < -0.3 is 14.2 Å². The molecule has 1 aliphatic heterocycles. The molecule has 3 heterocycles. The summed E-state index contributed by atoms with van der Waals surface area (Å²) in [5.74, 6) is 0.846. The molecule has 0 N–H and O–H groups in total. The summed E-state index contributed by atoms with van der Waals surface area (Å²) < 4.78 is 7.68. The van der Waals surface area contributed by atoms with E-state index in [4.69, 9.17) is 4.74 Å². The summed E-state index contributed by atoms with van der Waals surface area (Å²) in [6, 6.07) is 1.65. The van der Waals surface area contributed by atoms with E-state index in [9.17, 15) is 4.79 Å². The molecule has 0 unspecified atom stereocenters. The Morgan fingerprint density at radius 3 is 2.96 bits per heavy atom. The lowest BCUT2D eigenvalue weighted by molar-refractivity contribution is 0.0666. The fourth-order valence-electron chi connectivity index (χ4n) is 3.41. The second-order valence-electron chi connectivity index (χ2n) is 6.60. The summed E-state index contributed by atoms with van der Waals surface area (Å²) in [5, 5.41) is 0. The molecule has 2 aliphatic rings. The summed E-state index contributed by atoms with van der Waals surface area (Å²) in [7, 11) is 1.70. The predicted octanol–water partition coefficient (Wildman–Crippen LogP) is 1.47. The Balaban J connectivity index is 1.60. The number of hydrogen-bond acceptors (Lipinski definition) is 5. The highest BCUT2D eigenvalue weighted by Gasteiger charge is 2.34. The van der Waals surface area contributed by atoms with E-state index in [-0.39, 0.29) is 11.8 Å². The van der Waals surface area contributed by atoms with E-state index in [0.29, 0.717) is 25.4 Å². The minimum Gasteiger partial charge on any atom is -0.384 e. The maximum absolute atomic E-state index is 12.7. The second kappa shape index (κ2) is 6.32. The van der Waals surface area contributed by atoms with Crippen LogP contribution in [0.3, 0.4) is 0 Å². The molecular weight excluding hydrogens is 306 g/mol. The molecule has 0 saturated heterocycles. The number of nitrogens with zero attached hydrogens (tertiary/aromatic N) is 5. The third-order valence-electron chi connectivity index (χ3n) is 4.73. The Morgan fingerprint density at radius 2 is 2.25 bits per heavy atom. The first-order chi connectivity index (χ1) is 11.8. The van der Waals surface area contributed by atoms with Crippen molar-refractivity contribution in [1.82, 2.24) is 24.4 Å². The summed E-state index contributed by atoms with van der Waals surface area (Å²) in [4.78, 5) is 27.0. The SMILES string of the molecule is COC[C@H]1CN(C(=O)c2ccncn2)Cc2ncn(CC3CC3)c21. The lowest BCUT2D eigenvalue weighted by Crippen LogP contribution is -2.40. The van der Waals surface area contributed by atoms with Gasteiger partial charge in [0.2, 0.25) is 0 Å². The first kappa shape index (κ1) is 15.3. The maximum Gasteiger partial charge on any atom is 0.272 e. The van der Waals surface area contributed by atoms with Crippen LogP contribution in [0.15, 0.2) is 24.9 Å². The van der Waals surface area contributed by atoms with Crippen molar-refractivity contribution in [3.8, 4) is 0 Å². The Bertz CT molecular complexity index is 726. The highest BCUT2D eigenvalue weighted by molar-refractivity contribution is 5.92. The third kappa shape index (κ3) is 2.91. The van der Waals surface area contributed by atoms with Gasteiger partial charge in [0.25, 0.3) is 5.91 Å². The summed E-state index contributed by atoms with van der Waals surface area (Å²) in [5.41, 5.74) is 2.63. The molecule has 0 bridgehead atoms. The third-order valence-corrected chi connectivity index (χ3v) is 4.73. The first-order valence-corrected chi connectivity index (χ1v) is 8.34. The van der Waals surface area contributed by atoms with Gasteiger partial charge in [-0.2, -0.15) is 0 Å². The molecule has 7 heteroatoms. The van der Waals surface area contributed by atoms with Crippen molar-refractivity contribution in [2.45, 2.75) is 31.8 Å². The maximum atomic E-state index is 12.7. The van der Waals surface area contributed by atoms with Crippen molar-refractivity contribution in [2.24, 2.45) is 5.92 Å². The number of ether oxygens (including phenoxy) is 1. The van der Waals surface area contributed by atoms with Crippen LogP contribution in [0.5, 0.6) is 0 Å². The second-order valence-corrected chi connectivity index (χ2v) is 6.60. The van der Waals surface area contributed by atoms with Gasteiger partial charge in [-0.15, -0.1) is 0 Å². The summed E-state index contributed by atoms with van der Waals surface area (Å²) in [6.07, 6.45) is 7.52. The molecule has 1 saturated carbocycles. The monoisotopic (exact) mass is 327 g/mol. The summed E-state index contributed by atoms with van der Waals surface area (Å²) >= 11 is 0. The van der Waals surface area contributed by atoms with Crippen LogP contribution in [0.4, 0.5) is 0 Å². The molecule has 1 aliphatic carbocycles. The molecule has 0 aromatic carbocycles. The molecule has 0 radical (unpaired) electrons. The van der Waals surface area contributed by atoms with E-state index in [1.54, 1.807) is 19.4 Å². The molecule has 2 aromatic heterocycles. The molecule has 24 heavy (non-hydrogen) atoms. The summed E-state index contributed by atoms with van der Waals surface area (Å²) in [6.45, 7) is 2.76. The van der Waals surface area contributed by atoms with Crippen molar-refractivity contribution in [3.05, 3.63) is 42.0 Å². The number of amides is 1. The minimum atomic E-state index is -0.0825. The number of rotatable bonds is 5. The van der Waals surface area contributed by atoms with Crippen molar-refractivity contribution >= 4 is 5.91 Å². The average Bonchev–Trinajstić information content (AvgIpc) is 3.34. The lowest BCUT2D eigenvalue weighted by Gasteiger charge is -2.32. The van der Waals surface area contributed by atoms with E-state index in [2.05, 4.69) is 19.5 Å². The number of carbonyl (C=O) groups excluding carboxylic acids is 1. The van der Waals surface area contributed by atoms with Crippen molar-refractivity contribution < 1.29 is 9.53 Å². The molecule has 1 amide bonds. The van der Waals surface area contributed by atoms with Gasteiger partial charge in [-0.05, 0) is 24.8 Å². The van der Waals surface area contributed by atoms with E-state index >= 15 is 0 Å². The van der Waals surface area contributed by atoms with Crippen LogP contribution >= 0.6 is 0 Å². The van der Waals surface area contributed by atoms with Gasteiger partial charge in [-0.1, -0.05) is 0 Å². The number of aromatic nitrogens is 4. The van der Waals surface area contributed by atoms with Gasteiger partial charge in [0.15, 0.2) is 0 Å². The Labute approximate surface area is 140 Å². The van der Waals surface area contributed by atoms with Crippen molar-refractivity contribution in [1.29, 1.82) is 0 Å². The molecule has 7 nitrogen and oxygen atoms in total. The van der Waals surface area contributed by atoms with Crippen LogP contribution in [0.25, 0.3) is 0 Å². The molecular formula is C17H21N5O2. The van der Waals surface area contributed by atoms with Crippen LogP contribution in [-0.4, -0.2) is 50.6 Å². The largest absolute Gasteiger partial charge is 0.384 e. The number of hydrogen-bond donors (Lipinski definition) is 0. The molecule has 1 fully saturated rings. The Kier molecular flexibility index (Phi) is 4.02. The molecule has 4 rings (SSSR count). The zero-order valence-electron chi connectivity index (χ0n) is 13.8. The van der Waals surface area contributed by atoms with Gasteiger partial charge >= 0.3 is 0 Å². The van der Waals surface area contributed by atoms with E-state index in [0.717, 1.165) is 18.2 Å². The zero-order chi connectivity index (χ0) is 16.5. The van der Waals surface area contributed by atoms with Crippen LogP contribution in [0, 0.1) is 5.92 Å². The van der Waals surface area contributed by atoms with Crippen LogP contribution in [0.1, 0.15) is 40.6 Å². The van der Waals surface area contributed by atoms with Gasteiger partial charge in [-0.25, -0.2) is 15.0 Å². The minimum absolute atomic E-state index is 0.0825. The van der Waals surface area contributed by atoms with Crippen LogP contribution < -0.4 is 0 Å². The average molecular weight is 327 g/mol. The lowest BCUT2D eigenvalue weighted by atomic mass is 9.98. The smallest absolute Gasteiger partial charge is 0.272 e. The van der Waals surface area contributed by atoms with Gasteiger partial charge in [0.1, 0.15) is 12.0 Å². The quantitative estimate of drug-likeness (QED) is 0.831. The van der Waals surface area contributed by atoms with E-state index < -0.39 is 0 Å². The highest BCUT2D eigenvalue weighted by atomic mass is 16.5.